The van der Waals surface area contributed by atoms with Crippen LogP contribution in [0.15, 0.2) is 164 Å². The van der Waals surface area contributed by atoms with Gasteiger partial charge in [-0.1, -0.05) is 80.6 Å². The minimum Gasteiger partial charge on any atom is -0.457 e. The number of imidazole rings is 1. The van der Waals surface area contributed by atoms with Crippen LogP contribution < -0.4 is 9.64 Å². The SMILES string of the molecule is CC1(C)c2cc3c(cc2N(c2cccc(Oc4ccc5c6ccccc6n6ccnc6c5c4)c2)c2ncccc21)c1ccccc1n3-c1ccccc1. The first-order valence-corrected chi connectivity index (χ1v) is 18.0. The molecule has 0 spiro atoms. The van der Waals surface area contributed by atoms with E-state index in [0.717, 1.165) is 56.3 Å². The highest BCUT2D eigenvalue weighted by Crippen LogP contribution is 2.53. The summed E-state index contributed by atoms with van der Waals surface area (Å²) in [6, 6.07) is 51.5. The molecule has 0 aliphatic carbocycles. The Balaban J connectivity index is 1.08. The summed E-state index contributed by atoms with van der Waals surface area (Å²) in [6.45, 7) is 4.62. The summed E-state index contributed by atoms with van der Waals surface area (Å²) in [5.41, 5.74) is 9.76. The van der Waals surface area contributed by atoms with Gasteiger partial charge in [-0.25, -0.2) is 9.97 Å². The number of benzene rings is 6. The average Bonchev–Trinajstić information content (AvgIpc) is 3.82. The lowest BCUT2D eigenvalue weighted by molar-refractivity contribution is 0.483. The van der Waals surface area contributed by atoms with Gasteiger partial charge in [0.05, 0.1) is 27.9 Å². The number of aromatic nitrogens is 4. The smallest absolute Gasteiger partial charge is 0.145 e. The van der Waals surface area contributed by atoms with Gasteiger partial charge in [-0.2, -0.15) is 0 Å². The summed E-state index contributed by atoms with van der Waals surface area (Å²) in [7, 11) is 0. The van der Waals surface area contributed by atoms with Crippen molar-refractivity contribution in [2.45, 2.75) is 19.3 Å². The highest BCUT2D eigenvalue weighted by atomic mass is 16.5. The predicted molar refractivity (Wildman–Crippen MR) is 216 cm³/mol. The van der Waals surface area contributed by atoms with Gasteiger partial charge in [-0.3, -0.25) is 9.30 Å². The summed E-state index contributed by atoms with van der Waals surface area (Å²) in [6.07, 6.45) is 5.77. The number of nitrogens with zero attached hydrogens (tertiary/aromatic N) is 5. The molecular formula is C47H33N5O. The molecule has 6 heteroatoms. The molecule has 0 unspecified atom stereocenters. The Morgan fingerprint density at radius 2 is 1.26 bits per heavy atom. The van der Waals surface area contributed by atoms with Gasteiger partial charge in [0.1, 0.15) is 23.0 Å². The fourth-order valence-electron chi connectivity index (χ4n) is 8.57. The van der Waals surface area contributed by atoms with E-state index in [4.69, 9.17) is 14.7 Å². The fraction of sp³-hybridized carbons (Fsp3) is 0.0638. The molecule has 1 aliphatic rings. The van der Waals surface area contributed by atoms with Crippen molar-refractivity contribution in [1.82, 2.24) is 18.9 Å². The normalized spacial score (nSPS) is 13.6. The van der Waals surface area contributed by atoms with Crippen molar-refractivity contribution in [2.75, 3.05) is 4.90 Å². The van der Waals surface area contributed by atoms with Crippen LogP contribution in [-0.4, -0.2) is 18.9 Å². The molecular weight excluding hydrogens is 651 g/mol. The third kappa shape index (κ3) is 4.33. The zero-order valence-corrected chi connectivity index (χ0v) is 29.2. The molecule has 6 nitrogen and oxygen atoms in total. The zero-order valence-electron chi connectivity index (χ0n) is 29.2. The molecule has 53 heavy (non-hydrogen) atoms. The van der Waals surface area contributed by atoms with E-state index in [0.29, 0.717) is 0 Å². The molecule has 10 aromatic rings. The zero-order chi connectivity index (χ0) is 35.3. The quantitative estimate of drug-likeness (QED) is 0.173. The topological polar surface area (TPSA) is 47.6 Å². The van der Waals surface area contributed by atoms with Crippen molar-refractivity contribution in [3.8, 4) is 17.2 Å². The van der Waals surface area contributed by atoms with Crippen molar-refractivity contribution in [1.29, 1.82) is 0 Å². The molecule has 252 valence electrons. The fourth-order valence-corrected chi connectivity index (χ4v) is 8.57. The number of pyridine rings is 2. The van der Waals surface area contributed by atoms with E-state index in [1.54, 1.807) is 0 Å². The van der Waals surface area contributed by atoms with E-state index in [1.807, 2.05) is 30.7 Å². The van der Waals surface area contributed by atoms with Crippen LogP contribution in [0.4, 0.5) is 17.2 Å². The number of hydrogen-bond acceptors (Lipinski definition) is 4. The van der Waals surface area contributed by atoms with Crippen LogP contribution in [-0.2, 0) is 5.41 Å². The summed E-state index contributed by atoms with van der Waals surface area (Å²) in [5, 5.41) is 5.79. The Labute approximate surface area is 305 Å². The summed E-state index contributed by atoms with van der Waals surface area (Å²) < 4.78 is 11.2. The molecule has 0 saturated carbocycles. The standard InChI is InChI=1S/C47H33N5O/c1-47(2)39-18-11-23-48-46(39)52(44-28-37-36-17-7-9-20-42(36)51(43(37)29-40(44)47)30-12-4-3-5-13-30)31-14-10-15-32(26-31)53-33-21-22-34-35-16-6-8-19-41(35)50-25-24-49-45(50)38(34)27-33/h3-29H,1-2H3. The number of para-hydroxylation sites is 3. The number of anilines is 3. The molecule has 0 radical (unpaired) electrons. The summed E-state index contributed by atoms with van der Waals surface area (Å²) in [4.78, 5) is 12.1. The molecule has 0 saturated heterocycles. The van der Waals surface area contributed by atoms with E-state index >= 15 is 0 Å². The van der Waals surface area contributed by atoms with Gasteiger partial charge in [-0.15, -0.1) is 0 Å². The summed E-state index contributed by atoms with van der Waals surface area (Å²) in [5.74, 6) is 2.42. The Bertz CT molecular complexity index is 3080. The monoisotopic (exact) mass is 683 g/mol. The molecule has 0 N–H and O–H groups in total. The number of ether oxygens (including phenoxy) is 1. The highest BCUT2D eigenvalue weighted by molar-refractivity contribution is 6.13. The third-order valence-corrected chi connectivity index (χ3v) is 11.0. The van der Waals surface area contributed by atoms with Crippen molar-refractivity contribution < 1.29 is 4.74 Å². The molecule has 6 aromatic carbocycles. The molecule has 0 amide bonds. The largest absolute Gasteiger partial charge is 0.457 e. The van der Waals surface area contributed by atoms with Crippen LogP contribution in [0.3, 0.4) is 0 Å². The Morgan fingerprint density at radius 3 is 2.13 bits per heavy atom. The lowest BCUT2D eigenvalue weighted by atomic mass is 9.74. The molecule has 0 bridgehead atoms. The highest BCUT2D eigenvalue weighted by Gasteiger charge is 2.38. The van der Waals surface area contributed by atoms with Gasteiger partial charge in [-0.05, 0) is 83.7 Å². The van der Waals surface area contributed by atoms with Gasteiger partial charge < -0.3 is 9.30 Å². The van der Waals surface area contributed by atoms with Crippen LogP contribution >= 0.6 is 0 Å². The van der Waals surface area contributed by atoms with Crippen LogP contribution in [0.25, 0.3) is 54.8 Å². The van der Waals surface area contributed by atoms with E-state index in [1.165, 1.54) is 38.3 Å². The van der Waals surface area contributed by atoms with Crippen LogP contribution in [0.1, 0.15) is 25.0 Å². The first-order chi connectivity index (χ1) is 26.0. The van der Waals surface area contributed by atoms with Crippen molar-refractivity contribution in [3.05, 3.63) is 175 Å². The predicted octanol–water partition coefficient (Wildman–Crippen LogP) is 12.0. The van der Waals surface area contributed by atoms with E-state index in [9.17, 15) is 0 Å². The third-order valence-electron chi connectivity index (χ3n) is 11.0. The second-order valence-corrected chi connectivity index (χ2v) is 14.4. The minimum absolute atomic E-state index is 0.302. The maximum absolute atomic E-state index is 6.67. The maximum atomic E-state index is 6.67. The Morgan fingerprint density at radius 1 is 0.509 bits per heavy atom. The first-order valence-electron chi connectivity index (χ1n) is 18.0. The maximum Gasteiger partial charge on any atom is 0.145 e. The van der Waals surface area contributed by atoms with Crippen molar-refractivity contribution in [2.24, 2.45) is 0 Å². The number of fused-ring (bicyclic) bond motifs is 11. The minimum atomic E-state index is -0.302. The van der Waals surface area contributed by atoms with Gasteiger partial charge >= 0.3 is 0 Å². The number of rotatable bonds is 4. The lowest BCUT2D eigenvalue weighted by Gasteiger charge is -2.41. The molecule has 5 heterocycles. The van der Waals surface area contributed by atoms with Gasteiger partial charge in [0.15, 0.2) is 0 Å². The van der Waals surface area contributed by atoms with Crippen LogP contribution in [0, 0.1) is 0 Å². The van der Waals surface area contributed by atoms with Crippen molar-refractivity contribution >= 4 is 66.3 Å². The molecule has 11 rings (SSSR count). The van der Waals surface area contributed by atoms with Crippen molar-refractivity contribution in [3.63, 3.8) is 0 Å². The van der Waals surface area contributed by atoms with E-state index in [2.05, 4.69) is 161 Å². The Kier molecular flexibility index (Phi) is 6.20. The Hall–Kier alpha value is -6.92. The van der Waals surface area contributed by atoms with Gasteiger partial charge in [0, 0.05) is 62.9 Å². The molecule has 0 atom stereocenters. The van der Waals surface area contributed by atoms with Crippen LogP contribution in [0.2, 0.25) is 0 Å². The first kappa shape index (κ1) is 29.8. The van der Waals surface area contributed by atoms with Gasteiger partial charge in [0.2, 0.25) is 0 Å². The molecule has 4 aromatic heterocycles. The van der Waals surface area contributed by atoms with E-state index < -0.39 is 0 Å². The second-order valence-electron chi connectivity index (χ2n) is 14.4. The summed E-state index contributed by atoms with van der Waals surface area (Å²) >= 11 is 0. The second kappa shape index (κ2) is 11.0. The van der Waals surface area contributed by atoms with Crippen LogP contribution in [0.5, 0.6) is 11.5 Å². The lowest BCUT2D eigenvalue weighted by Crippen LogP contribution is -2.31. The number of hydrogen-bond donors (Lipinski definition) is 0. The van der Waals surface area contributed by atoms with E-state index in [-0.39, 0.29) is 5.41 Å². The average molecular weight is 684 g/mol. The molecule has 0 fully saturated rings. The van der Waals surface area contributed by atoms with Gasteiger partial charge in [0.25, 0.3) is 0 Å². The molecule has 1 aliphatic heterocycles.